The Balaban J connectivity index is 1.80. The lowest BCUT2D eigenvalue weighted by molar-refractivity contribution is -0.138. The van der Waals surface area contributed by atoms with Crippen LogP contribution in [0.1, 0.15) is 37.7 Å². The Morgan fingerprint density at radius 2 is 1.95 bits per heavy atom. The summed E-state index contributed by atoms with van der Waals surface area (Å²) in [6.45, 7) is 5.08. The van der Waals surface area contributed by atoms with Crippen LogP contribution in [0.2, 0.25) is 0 Å². The highest BCUT2D eigenvalue weighted by molar-refractivity contribution is 6.01. The molecule has 1 aromatic rings. The molecule has 0 bridgehead atoms. The van der Waals surface area contributed by atoms with Gasteiger partial charge >= 0.3 is 0 Å². The number of hydrogen-bond donors (Lipinski definition) is 1. The highest BCUT2D eigenvalue weighted by Gasteiger charge is 2.27. The quantitative estimate of drug-likeness (QED) is 0.626. The van der Waals surface area contributed by atoms with Crippen molar-refractivity contribution in [1.29, 1.82) is 0 Å². The van der Waals surface area contributed by atoms with Gasteiger partial charge in [0.2, 0.25) is 11.8 Å². The highest BCUT2D eigenvalue weighted by atomic mass is 16.2. The number of amides is 2. The van der Waals surface area contributed by atoms with Crippen molar-refractivity contribution in [2.24, 2.45) is 0 Å². The summed E-state index contributed by atoms with van der Waals surface area (Å²) in [6, 6.07) is 1.93. The zero-order valence-electron chi connectivity index (χ0n) is 12.0. The van der Waals surface area contributed by atoms with Crippen molar-refractivity contribution >= 4 is 17.6 Å². The number of hydrogen-bond acceptors (Lipinski definition) is 5. The van der Waals surface area contributed by atoms with Crippen LogP contribution in [-0.4, -0.2) is 39.8 Å². The maximum atomic E-state index is 11.4. The third-order valence-corrected chi connectivity index (χ3v) is 3.27. The standard InChI is InChI=1S/C14H20N4O2/c1-3-11-9-12(17-10(2)16-11)15-7-4-8-18-13(19)5-6-14(18)20/h9H,3-8H2,1-2H3,(H,15,16,17). The molecule has 108 valence electrons. The van der Waals surface area contributed by atoms with Gasteiger partial charge in [-0.25, -0.2) is 9.97 Å². The second-order valence-corrected chi connectivity index (χ2v) is 4.86. The maximum Gasteiger partial charge on any atom is 0.229 e. The number of nitrogens with zero attached hydrogens (tertiary/aromatic N) is 3. The number of aryl methyl sites for hydroxylation is 2. The lowest BCUT2D eigenvalue weighted by Crippen LogP contribution is -2.31. The molecular weight excluding hydrogens is 256 g/mol. The van der Waals surface area contributed by atoms with Crippen LogP contribution in [0, 0.1) is 6.92 Å². The van der Waals surface area contributed by atoms with Gasteiger partial charge in [-0.3, -0.25) is 14.5 Å². The Bertz CT molecular complexity index is 500. The van der Waals surface area contributed by atoms with E-state index in [0.717, 1.165) is 30.2 Å². The van der Waals surface area contributed by atoms with Crippen LogP contribution >= 0.6 is 0 Å². The second-order valence-electron chi connectivity index (χ2n) is 4.86. The maximum absolute atomic E-state index is 11.4. The first kappa shape index (κ1) is 14.4. The van der Waals surface area contributed by atoms with Gasteiger partial charge in [0.1, 0.15) is 11.6 Å². The van der Waals surface area contributed by atoms with Gasteiger partial charge in [-0.15, -0.1) is 0 Å². The second kappa shape index (κ2) is 6.45. The van der Waals surface area contributed by atoms with Crippen LogP contribution in [0.25, 0.3) is 0 Å². The van der Waals surface area contributed by atoms with Gasteiger partial charge in [0.05, 0.1) is 0 Å². The molecule has 0 spiro atoms. The average molecular weight is 276 g/mol. The van der Waals surface area contributed by atoms with E-state index in [1.807, 2.05) is 13.0 Å². The Hall–Kier alpha value is -1.98. The average Bonchev–Trinajstić information content (AvgIpc) is 2.74. The van der Waals surface area contributed by atoms with E-state index in [-0.39, 0.29) is 11.8 Å². The fraction of sp³-hybridized carbons (Fsp3) is 0.571. The molecule has 0 aliphatic carbocycles. The van der Waals surface area contributed by atoms with Crippen molar-refractivity contribution in [1.82, 2.24) is 14.9 Å². The Morgan fingerprint density at radius 1 is 1.25 bits per heavy atom. The summed E-state index contributed by atoms with van der Waals surface area (Å²) in [7, 11) is 0. The molecule has 0 radical (unpaired) electrons. The zero-order chi connectivity index (χ0) is 14.5. The Morgan fingerprint density at radius 3 is 2.60 bits per heavy atom. The molecule has 1 saturated heterocycles. The molecule has 1 fully saturated rings. The molecule has 1 aliphatic rings. The number of anilines is 1. The molecule has 0 saturated carbocycles. The molecule has 1 aliphatic heterocycles. The summed E-state index contributed by atoms with van der Waals surface area (Å²) in [5.74, 6) is 1.44. The van der Waals surface area contributed by atoms with Gasteiger partial charge in [0.25, 0.3) is 0 Å². The van der Waals surface area contributed by atoms with Gasteiger partial charge in [-0.1, -0.05) is 6.92 Å². The predicted octanol–water partition coefficient (Wildman–Crippen LogP) is 1.30. The lowest BCUT2D eigenvalue weighted by atomic mass is 10.3. The predicted molar refractivity (Wildman–Crippen MR) is 75.2 cm³/mol. The van der Waals surface area contributed by atoms with E-state index in [0.29, 0.717) is 25.9 Å². The van der Waals surface area contributed by atoms with Gasteiger partial charge in [-0.05, 0) is 19.8 Å². The molecule has 6 nitrogen and oxygen atoms in total. The van der Waals surface area contributed by atoms with Crippen molar-refractivity contribution < 1.29 is 9.59 Å². The van der Waals surface area contributed by atoms with E-state index in [9.17, 15) is 9.59 Å². The molecular formula is C14H20N4O2. The topological polar surface area (TPSA) is 75.2 Å². The van der Waals surface area contributed by atoms with Gasteiger partial charge in [0.15, 0.2) is 0 Å². The van der Waals surface area contributed by atoms with E-state index < -0.39 is 0 Å². The normalized spacial score (nSPS) is 15.0. The number of imide groups is 1. The fourth-order valence-electron chi connectivity index (χ4n) is 2.23. The van der Waals surface area contributed by atoms with Crippen LogP contribution in [0.5, 0.6) is 0 Å². The number of rotatable bonds is 6. The van der Waals surface area contributed by atoms with Crippen LogP contribution in [0.4, 0.5) is 5.82 Å². The van der Waals surface area contributed by atoms with Crippen molar-refractivity contribution in [2.45, 2.75) is 39.5 Å². The van der Waals surface area contributed by atoms with Crippen molar-refractivity contribution in [2.75, 3.05) is 18.4 Å². The minimum Gasteiger partial charge on any atom is -0.370 e. The summed E-state index contributed by atoms with van der Waals surface area (Å²) >= 11 is 0. The van der Waals surface area contributed by atoms with Crippen molar-refractivity contribution in [3.05, 3.63) is 17.6 Å². The number of likely N-dealkylation sites (tertiary alicyclic amines) is 1. The number of aromatic nitrogens is 2. The van der Waals surface area contributed by atoms with E-state index in [4.69, 9.17) is 0 Å². The first-order valence-electron chi connectivity index (χ1n) is 7.01. The summed E-state index contributed by atoms with van der Waals surface area (Å²) in [5.41, 5.74) is 1.00. The number of nitrogens with one attached hydrogen (secondary N) is 1. The summed E-state index contributed by atoms with van der Waals surface area (Å²) in [6.07, 6.45) is 2.31. The largest absolute Gasteiger partial charge is 0.370 e. The van der Waals surface area contributed by atoms with E-state index in [2.05, 4.69) is 22.2 Å². The van der Waals surface area contributed by atoms with Gasteiger partial charge in [-0.2, -0.15) is 0 Å². The first-order valence-corrected chi connectivity index (χ1v) is 7.01. The Labute approximate surface area is 118 Å². The summed E-state index contributed by atoms with van der Waals surface area (Å²) in [5, 5.41) is 3.21. The van der Waals surface area contributed by atoms with E-state index in [1.165, 1.54) is 4.90 Å². The van der Waals surface area contributed by atoms with Gasteiger partial charge < -0.3 is 5.32 Å². The third kappa shape index (κ3) is 3.53. The molecule has 0 unspecified atom stereocenters. The van der Waals surface area contributed by atoms with E-state index in [1.54, 1.807) is 0 Å². The molecule has 0 atom stereocenters. The van der Waals surface area contributed by atoms with Crippen LogP contribution in [-0.2, 0) is 16.0 Å². The number of carbonyl (C=O) groups excluding carboxylic acids is 2. The summed E-state index contributed by atoms with van der Waals surface area (Å²) in [4.78, 5) is 32.9. The van der Waals surface area contributed by atoms with Crippen LogP contribution in [0.15, 0.2) is 6.07 Å². The van der Waals surface area contributed by atoms with Crippen molar-refractivity contribution in [3.8, 4) is 0 Å². The first-order chi connectivity index (χ1) is 9.60. The molecule has 0 aromatic carbocycles. The van der Waals surface area contributed by atoms with Gasteiger partial charge in [0, 0.05) is 37.7 Å². The molecule has 6 heteroatoms. The van der Waals surface area contributed by atoms with E-state index >= 15 is 0 Å². The smallest absolute Gasteiger partial charge is 0.229 e. The highest BCUT2D eigenvalue weighted by Crippen LogP contribution is 2.12. The third-order valence-electron chi connectivity index (χ3n) is 3.27. The lowest BCUT2D eigenvalue weighted by Gasteiger charge is -2.14. The zero-order valence-corrected chi connectivity index (χ0v) is 12.0. The molecule has 20 heavy (non-hydrogen) atoms. The molecule has 1 N–H and O–H groups in total. The fourth-order valence-corrected chi connectivity index (χ4v) is 2.23. The monoisotopic (exact) mass is 276 g/mol. The molecule has 1 aromatic heterocycles. The molecule has 2 amide bonds. The Kier molecular flexibility index (Phi) is 4.65. The minimum absolute atomic E-state index is 0.0545. The molecule has 2 rings (SSSR count). The summed E-state index contributed by atoms with van der Waals surface area (Å²) < 4.78 is 0. The van der Waals surface area contributed by atoms with Crippen molar-refractivity contribution in [3.63, 3.8) is 0 Å². The molecule has 2 heterocycles. The SMILES string of the molecule is CCc1cc(NCCCN2C(=O)CCC2=O)nc(C)n1. The van der Waals surface area contributed by atoms with Crippen LogP contribution < -0.4 is 5.32 Å². The number of carbonyl (C=O) groups is 2. The van der Waals surface area contributed by atoms with Crippen LogP contribution in [0.3, 0.4) is 0 Å². The minimum atomic E-state index is -0.0545.